The zero-order valence-electron chi connectivity index (χ0n) is 16.2. The molecule has 8 heteroatoms. The molecular formula is C21H21N5O3. The molecule has 1 aromatic carbocycles. The molecule has 0 saturated heterocycles. The minimum atomic E-state index is -0.271. The molecule has 0 bridgehead atoms. The van der Waals surface area contributed by atoms with E-state index < -0.39 is 0 Å². The summed E-state index contributed by atoms with van der Waals surface area (Å²) < 4.78 is 6.31. The lowest BCUT2D eigenvalue weighted by Gasteiger charge is -2.13. The quantitative estimate of drug-likeness (QED) is 0.641. The maximum Gasteiger partial charge on any atom is 0.280 e. The Morgan fingerprint density at radius 1 is 1.31 bits per heavy atom. The zero-order valence-corrected chi connectivity index (χ0v) is 16.2. The highest BCUT2D eigenvalue weighted by atomic mass is 16.5. The Hall–Kier alpha value is -3.70. The molecule has 2 heterocycles. The van der Waals surface area contributed by atoms with Crippen molar-refractivity contribution >= 4 is 5.91 Å². The number of nitrogens with zero attached hydrogens (tertiary/aromatic N) is 3. The largest absolute Gasteiger partial charge is 0.385 e. The van der Waals surface area contributed by atoms with Gasteiger partial charge in [-0.05, 0) is 43.2 Å². The fourth-order valence-corrected chi connectivity index (χ4v) is 2.80. The minimum absolute atomic E-state index is 0.0249. The molecule has 0 unspecified atom stereocenters. The number of hydrogen-bond donors (Lipinski definition) is 2. The number of aromatic amines is 1. The molecule has 2 N–H and O–H groups in total. The first-order valence-corrected chi connectivity index (χ1v) is 9.10. The summed E-state index contributed by atoms with van der Waals surface area (Å²) in [6, 6.07) is 12.0. The van der Waals surface area contributed by atoms with Crippen LogP contribution in [0.4, 0.5) is 0 Å². The van der Waals surface area contributed by atoms with Gasteiger partial charge in [-0.3, -0.25) is 14.7 Å². The molecule has 1 amide bonds. The van der Waals surface area contributed by atoms with E-state index in [0.717, 1.165) is 0 Å². The average Bonchev–Trinajstić information content (AvgIpc) is 3.13. The van der Waals surface area contributed by atoms with Crippen molar-refractivity contribution in [2.24, 2.45) is 0 Å². The number of hydrogen-bond acceptors (Lipinski definition) is 5. The predicted octanol–water partition coefficient (Wildman–Crippen LogP) is 2.25. The zero-order chi connectivity index (χ0) is 20.8. The summed E-state index contributed by atoms with van der Waals surface area (Å²) in [5, 5.41) is 14.7. The number of benzene rings is 1. The number of pyridine rings is 1. The van der Waals surface area contributed by atoms with Gasteiger partial charge in [0.2, 0.25) is 0 Å². The summed E-state index contributed by atoms with van der Waals surface area (Å²) in [5.41, 5.74) is 1.82. The Labute approximate surface area is 167 Å². The van der Waals surface area contributed by atoms with E-state index in [1.807, 2.05) is 13.0 Å². The van der Waals surface area contributed by atoms with Crippen LogP contribution in [0.15, 0.2) is 53.6 Å². The average molecular weight is 391 g/mol. The van der Waals surface area contributed by atoms with Gasteiger partial charge in [-0.15, -0.1) is 0 Å². The van der Waals surface area contributed by atoms with Crippen LogP contribution in [0.5, 0.6) is 0 Å². The first kappa shape index (κ1) is 20.0. The van der Waals surface area contributed by atoms with Gasteiger partial charge >= 0.3 is 0 Å². The van der Waals surface area contributed by atoms with E-state index in [1.54, 1.807) is 49.7 Å². The van der Waals surface area contributed by atoms with Crippen LogP contribution in [0.2, 0.25) is 0 Å². The Kier molecular flexibility index (Phi) is 6.22. The highest BCUT2D eigenvalue weighted by Gasteiger charge is 2.13. The fraction of sp³-hybridized carbons (Fsp3) is 0.238. The second-order valence-electron chi connectivity index (χ2n) is 6.58. The Morgan fingerprint density at radius 2 is 2.07 bits per heavy atom. The maximum atomic E-state index is 12.7. The van der Waals surface area contributed by atoms with Crippen LogP contribution in [0.1, 0.15) is 29.3 Å². The molecule has 1 atom stereocenters. The van der Waals surface area contributed by atoms with E-state index >= 15 is 0 Å². The monoisotopic (exact) mass is 391 g/mol. The molecule has 3 aromatic rings. The SMILES string of the molecule is COCC[C@H](C)NC(=O)c1ccc(-n2[nH]cc(-c3ccc(C#N)cc3)c2=O)nc1. The Bertz CT molecular complexity index is 1080. The van der Waals surface area contributed by atoms with Gasteiger partial charge in [-0.2, -0.15) is 5.26 Å². The lowest BCUT2D eigenvalue weighted by atomic mass is 10.1. The van der Waals surface area contributed by atoms with E-state index in [4.69, 9.17) is 10.00 Å². The Balaban J connectivity index is 1.76. The Morgan fingerprint density at radius 3 is 2.69 bits per heavy atom. The van der Waals surface area contributed by atoms with Crippen molar-refractivity contribution in [1.29, 1.82) is 5.26 Å². The fourth-order valence-electron chi connectivity index (χ4n) is 2.80. The van der Waals surface area contributed by atoms with Crippen LogP contribution in [0.25, 0.3) is 16.9 Å². The summed E-state index contributed by atoms with van der Waals surface area (Å²) >= 11 is 0. The second kappa shape index (κ2) is 8.99. The first-order valence-electron chi connectivity index (χ1n) is 9.10. The molecule has 148 valence electrons. The molecule has 8 nitrogen and oxygen atoms in total. The number of carbonyl (C=O) groups excluding carboxylic acids is 1. The molecule has 0 spiro atoms. The number of nitriles is 1. The van der Waals surface area contributed by atoms with Crippen LogP contribution in [0.3, 0.4) is 0 Å². The molecule has 3 rings (SSSR count). The van der Waals surface area contributed by atoms with E-state index in [9.17, 15) is 9.59 Å². The summed E-state index contributed by atoms with van der Waals surface area (Å²) in [5.74, 6) is 0.142. The van der Waals surface area contributed by atoms with E-state index in [1.165, 1.54) is 10.9 Å². The van der Waals surface area contributed by atoms with Gasteiger partial charge in [0.1, 0.15) is 0 Å². The number of aromatic nitrogens is 3. The highest BCUT2D eigenvalue weighted by molar-refractivity contribution is 5.94. The van der Waals surface area contributed by atoms with Crippen molar-refractivity contribution in [3.63, 3.8) is 0 Å². The summed E-state index contributed by atoms with van der Waals surface area (Å²) in [6.45, 7) is 2.47. The third kappa shape index (κ3) is 4.59. The number of ether oxygens (including phenoxy) is 1. The minimum Gasteiger partial charge on any atom is -0.385 e. The standard InChI is InChI=1S/C21H21N5O3/c1-14(9-10-29-2)25-20(27)17-7-8-19(23-12-17)26-21(28)18(13-24-26)16-5-3-15(11-22)4-6-16/h3-8,12-14,24H,9-10H2,1-2H3,(H,25,27)/t14-/m0/s1. The third-order valence-corrected chi connectivity index (χ3v) is 4.47. The molecule has 0 aliphatic carbocycles. The van der Waals surface area contributed by atoms with Crippen LogP contribution in [-0.2, 0) is 4.74 Å². The van der Waals surface area contributed by atoms with E-state index in [2.05, 4.69) is 15.4 Å². The van der Waals surface area contributed by atoms with Crippen molar-refractivity contribution in [2.75, 3.05) is 13.7 Å². The van der Waals surface area contributed by atoms with Gasteiger partial charge in [0.15, 0.2) is 5.82 Å². The number of H-pyrrole nitrogens is 1. The first-order chi connectivity index (χ1) is 14.0. The van der Waals surface area contributed by atoms with Crippen LogP contribution in [0, 0.1) is 11.3 Å². The smallest absolute Gasteiger partial charge is 0.280 e. The van der Waals surface area contributed by atoms with Gasteiger partial charge in [-0.1, -0.05) is 12.1 Å². The van der Waals surface area contributed by atoms with Gasteiger partial charge < -0.3 is 10.1 Å². The van der Waals surface area contributed by atoms with Gasteiger partial charge in [-0.25, -0.2) is 9.67 Å². The lowest BCUT2D eigenvalue weighted by molar-refractivity contribution is 0.0929. The summed E-state index contributed by atoms with van der Waals surface area (Å²) in [4.78, 5) is 29.2. The second-order valence-corrected chi connectivity index (χ2v) is 6.58. The highest BCUT2D eigenvalue weighted by Crippen LogP contribution is 2.16. The van der Waals surface area contributed by atoms with Gasteiger partial charge in [0.05, 0.1) is 22.8 Å². The lowest BCUT2D eigenvalue weighted by Crippen LogP contribution is -2.33. The van der Waals surface area contributed by atoms with Crippen molar-refractivity contribution in [3.8, 4) is 23.0 Å². The molecule has 0 fully saturated rings. The number of rotatable bonds is 7. The molecule has 0 aliphatic rings. The maximum absolute atomic E-state index is 12.7. The number of nitrogens with one attached hydrogen (secondary N) is 2. The van der Waals surface area contributed by atoms with Gasteiger partial charge in [0.25, 0.3) is 11.5 Å². The van der Waals surface area contributed by atoms with Crippen LogP contribution >= 0.6 is 0 Å². The normalized spacial score (nSPS) is 11.6. The van der Waals surface area contributed by atoms with Crippen LogP contribution in [-0.4, -0.2) is 40.4 Å². The predicted molar refractivity (Wildman–Crippen MR) is 108 cm³/mol. The van der Waals surface area contributed by atoms with Gasteiger partial charge in [0, 0.05) is 32.2 Å². The van der Waals surface area contributed by atoms with E-state index in [-0.39, 0.29) is 17.5 Å². The molecule has 0 aliphatic heterocycles. The number of amides is 1. The summed E-state index contributed by atoms with van der Waals surface area (Å²) in [7, 11) is 1.62. The summed E-state index contributed by atoms with van der Waals surface area (Å²) in [6.07, 6.45) is 3.73. The molecule has 0 radical (unpaired) electrons. The van der Waals surface area contributed by atoms with Crippen LogP contribution < -0.4 is 10.9 Å². The van der Waals surface area contributed by atoms with Crippen molar-refractivity contribution in [3.05, 3.63) is 70.3 Å². The topological polar surface area (TPSA) is 113 Å². The molecule has 29 heavy (non-hydrogen) atoms. The van der Waals surface area contributed by atoms with Crippen molar-refractivity contribution in [1.82, 2.24) is 20.1 Å². The number of carbonyl (C=O) groups is 1. The molecular weight excluding hydrogens is 370 g/mol. The molecule has 0 saturated carbocycles. The van der Waals surface area contributed by atoms with Crippen molar-refractivity contribution in [2.45, 2.75) is 19.4 Å². The molecule has 2 aromatic heterocycles. The van der Waals surface area contributed by atoms with Crippen molar-refractivity contribution < 1.29 is 9.53 Å². The number of methoxy groups -OCH3 is 1. The van der Waals surface area contributed by atoms with E-state index in [0.29, 0.717) is 41.1 Å². The third-order valence-electron chi connectivity index (χ3n) is 4.47.